The van der Waals surface area contributed by atoms with E-state index in [9.17, 15) is 21.6 Å². The number of benzene rings is 2. The van der Waals surface area contributed by atoms with Crippen LogP contribution in [0.1, 0.15) is 29.5 Å². The molecule has 164 valence electrons. The quantitative estimate of drug-likeness (QED) is 0.458. The minimum Gasteiger partial charge on any atom is -0.454 e. The normalized spacial score (nSPS) is 14.2. The molecule has 11 heteroatoms. The maximum atomic E-state index is 13.1. The van der Waals surface area contributed by atoms with E-state index in [-0.39, 0.29) is 26.5 Å². The second-order valence-corrected chi connectivity index (χ2v) is 9.88. The van der Waals surface area contributed by atoms with Gasteiger partial charge in [0.15, 0.2) is 10.9 Å². The molecule has 1 N–H and O–H groups in total. The molecule has 31 heavy (non-hydrogen) atoms. The second-order valence-electron chi connectivity index (χ2n) is 6.93. The number of thiazole rings is 1. The summed E-state index contributed by atoms with van der Waals surface area (Å²) < 4.78 is 73.3. The maximum absolute atomic E-state index is 13.1. The van der Waals surface area contributed by atoms with Crippen molar-refractivity contribution in [1.29, 1.82) is 0 Å². The third kappa shape index (κ3) is 4.65. The summed E-state index contributed by atoms with van der Waals surface area (Å²) in [5.41, 5.74) is 0.736. The van der Waals surface area contributed by atoms with Crippen LogP contribution in [-0.4, -0.2) is 13.4 Å². The third-order valence-corrected chi connectivity index (χ3v) is 7.33. The lowest BCUT2D eigenvalue weighted by atomic mass is 9.91. The first-order valence-electron chi connectivity index (χ1n) is 9.27. The summed E-state index contributed by atoms with van der Waals surface area (Å²) in [7, 11) is -4.06. The first-order chi connectivity index (χ1) is 14.6. The smallest absolute Gasteiger partial charge is 0.416 e. The van der Waals surface area contributed by atoms with Crippen LogP contribution < -0.4 is 9.46 Å². The first kappa shape index (κ1) is 21.9. The van der Waals surface area contributed by atoms with Gasteiger partial charge in [-0.15, -0.1) is 11.3 Å². The van der Waals surface area contributed by atoms with Gasteiger partial charge in [0.1, 0.15) is 10.6 Å². The first-order valence-corrected chi connectivity index (χ1v) is 12.0. The Hall–Kier alpha value is -2.30. The lowest BCUT2D eigenvalue weighted by Gasteiger charge is -2.22. The molecule has 0 spiro atoms. The van der Waals surface area contributed by atoms with E-state index >= 15 is 0 Å². The monoisotopic (exact) mass is 488 g/mol. The number of nitrogens with one attached hydrogen (secondary N) is 1. The minimum atomic E-state index is -4.56. The number of fused-ring (bicyclic) bond motifs is 1. The van der Waals surface area contributed by atoms with Gasteiger partial charge in [0, 0.05) is 11.6 Å². The molecule has 0 bridgehead atoms. The van der Waals surface area contributed by atoms with Gasteiger partial charge in [-0.05, 0) is 61.1 Å². The van der Waals surface area contributed by atoms with Crippen LogP contribution in [0.3, 0.4) is 0 Å². The average molecular weight is 489 g/mol. The Morgan fingerprint density at radius 1 is 1.13 bits per heavy atom. The summed E-state index contributed by atoms with van der Waals surface area (Å²) in [4.78, 5) is 3.81. The second kappa shape index (κ2) is 8.33. The molecule has 0 unspecified atom stereocenters. The van der Waals surface area contributed by atoms with Gasteiger partial charge >= 0.3 is 6.18 Å². The van der Waals surface area contributed by atoms with Crippen LogP contribution in [0, 0.1) is 0 Å². The highest BCUT2D eigenvalue weighted by atomic mass is 35.5. The van der Waals surface area contributed by atoms with Crippen LogP contribution in [0.25, 0.3) is 0 Å². The molecule has 3 aromatic rings. The zero-order valence-electron chi connectivity index (χ0n) is 15.9. The van der Waals surface area contributed by atoms with Crippen molar-refractivity contribution in [3.05, 3.63) is 63.6 Å². The standard InChI is InChI=1S/C20H16ClF3N2O3S2/c21-15-11-13(20(22,23)24)6-7-16(15)29-18-14-4-2-1-3-12(14)5-8-17(18)31(27,28)26-19-25-9-10-30-19/h5-11H,1-4H2,(H,25,26). The van der Waals surface area contributed by atoms with E-state index in [0.29, 0.717) is 12.0 Å². The number of anilines is 1. The van der Waals surface area contributed by atoms with Crippen LogP contribution in [0.15, 0.2) is 46.8 Å². The van der Waals surface area contributed by atoms with Crippen LogP contribution in [0.4, 0.5) is 18.3 Å². The third-order valence-electron chi connectivity index (χ3n) is 4.86. The Morgan fingerprint density at radius 2 is 1.90 bits per heavy atom. The molecule has 4 rings (SSSR count). The number of aromatic nitrogens is 1. The lowest BCUT2D eigenvalue weighted by Crippen LogP contribution is -2.16. The Morgan fingerprint density at radius 3 is 2.58 bits per heavy atom. The number of rotatable bonds is 5. The van der Waals surface area contributed by atoms with Gasteiger partial charge in [-0.25, -0.2) is 13.4 Å². The van der Waals surface area contributed by atoms with Crippen LogP contribution in [-0.2, 0) is 29.0 Å². The predicted molar refractivity (Wildman–Crippen MR) is 113 cm³/mol. The summed E-state index contributed by atoms with van der Waals surface area (Å²) in [6, 6.07) is 5.88. The highest BCUT2D eigenvalue weighted by Gasteiger charge is 2.32. The minimum absolute atomic E-state index is 0.0562. The van der Waals surface area contributed by atoms with Crippen molar-refractivity contribution in [2.45, 2.75) is 36.8 Å². The molecule has 1 aliphatic carbocycles. The van der Waals surface area contributed by atoms with Crippen molar-refractivity contribution in [3.63, 3.8) is 0 Å². The summed E-state index contributed by atoms with van der Waals surface area (Å²) in [6.07, 6.45) is 0.0512. The van der Waals surface area contributed by atoms with Crippen molar-refractivity contribution < 1.29 is 26.3 Å². The van der Waals surface area contributed by atoms with E-state index in [2.05, 4.69) is 9.71 Å². The summed E-state index contributed by atoms with van der Waals surface area (Å²) >= 11 is 7.17. The van der Waals surface area contributed by atoms with Crippen molar-refractivity contribution in [1.82, 2.24) is 4.98 Å². The zero-order valence-corrected chi connectivity index (χ0v) is 18.3. The maximum Gasteiger partial charge on any atom is 0.416 e. The lowest BCUT2D eigenvalue weighted by molar-refractivity contribution is -0.137. The van der Waals surface area contributed by atoms with Crippen molar-refractivity contribution >= 4 is 38.1 Å². The van der Waals surface area contributed by atoms with Crippen molar-refractivity contribution in [2.75, 3.05) is 4.72 Å². The number of hydrogen-bond acceptors (Lipinski definition) is 5. The molecule has 0 aliphatic heterocycles. The molecule has 0 radical (unpaired) electrons. The number of aryl methyl sites for hydroxylation is 1. The Bertz CT molecular complexity index is 1210. The van der Waals surface area contributed by atoms with E-state index in [1.54, 1.807) is 11.4 Å². The zero-order chi connectivity index (χ0) is 22.2. The Balaban J connectivity index is 1.79. The van der Waals surface area contributed by atoms with Gasteiger partial charge in [-0.2, -0.15) is 13.2 Å². The SMILES string of the molecule is O=S(=O)(Nc1nccs1)c1ccc2c(c1Oc1ccc(C(F)(F)F)cc1Cl)CCCC2. The van der Waals surface area contributed by atoms with Crippen LogP contribution in [0.5, 0.6) is 11.5 Å². The molecule has 0 atom stereocenters. The molecular weight excluding hydrogens is 473 g/mol. The molecule has 0 amide bonds. The van der Waals surface area contributed by atoms with Crippen LogP contribution >= 0.6 is 22.9 Å². The van der Waals surface area contributed by atoms with E-state index < -0.39 is 21.8 Å². The fourth-order valence-corrected chi connectivity index (χ4v) is 5.57. The van der Waals surface area contributed by atoms with Gasteiger partial charge in [0.05, 0.1) is 10.6 Å². The van der Waals surface area contributed by atoms with Gasteiger partial charge in [-0.3, -0.25) is 4.72 Å². The molecule has 0 fully saturated rings. The number of nitrogens with zero attached hydrogens (tertiary/aromatic N) is 1. The molecule has 2 aromatic carbocycles. The van der Waals surface area contributed by atoms with Crippen LogP contribution in [0.2, 0.25) is 5.02 Å². The number of halogens is 4. The summed E-state index contributed by atoms with van der Waals surface area (Å²) in [6.45, 7) is 0. The highest BCUT2D eigenvalue weighted by Crippen LogP contribution is 2.42. The molecular formula is C20H16ClF3N2O3S2. The fourth-order valence-electron chi connectivity index (χ4n) is 3.41. The van der Waals surface area contributed by atoms with Gasteiger partial charge < -0.3 is 4.74 Å². The number of hydrogen-bond donors (Lipinski definition) is 1. The number of alkyl halides is 3. The average Bonchev–Trinajstić information content (AvgIpc) is 3.21. The Kier molecular flexibility index (Phi) is 5.89. The topological polar surface area (TPSA) is 68.3 Å². The molecule has 1 aromatic heterocycles. The Labute approximate surface area is 185 Å². The van der Waals surface area contributed by atoms with E-state index in [1.807, 2.05) is 0 Å². The van der Waals surface area contributed by atoms with E-state index in [1.165, 1.54) is 12.3 Å². The molecule has 1 heterocycles. The van der Waals surface area contributed by atoms with Gasteiger partial charge in [0.25, 0.3) is 10.0 Å². The van der Waals surface area contributed by atoms with Crippen molar-refractivity contribution in [3.8, 4) is 11.5 Å². The number of ether oxygens (including phenoxy) is 1. The summed E-state index contributed by atoms with van der Waals surface area (Å²) in [5, 5.41) is 1.56. The molecule has 1 aliphatic rings. The van der Waals surface area contributed by atoms with Gasteiger partial charge in [-0.1, -0.05) is 17.7 Å². The molecule has 0 saturated heterocycles. The molecule has 5 nitrogen and oxygen atoms in total. The predicted octanol–water partition coefficient (Wildman–Crippen LogP) is 6.29. The summed E-state index contributed by atoms with van der Waals surface area (Å²) in [5.74, 6) is 0.0160. The number of sulfonamides is 1. The van der Waals surface area contributed by atoms with Crippen molar-refractivity contribution in [2.24, 2.45) is 0 Å². The highest BCUT2D eigenvalue weighted by molar-refractivity contribution is 7.93. The largest absolute Gasteiger partial charge is 0.454 e. The van der Waals surface area contributed by atoms with E-state index in [4.69, 9.17) is 16.3 Å². The molecule has 0 saturated carbocycles. The van der Waals surface area contributed by atoms with Gasteiger partial charge in [0.2, 0.25) is 0 Å². The van der Waals surface area contributed by atoms with E-state index in [0.717, 1.165) is 54.4 Å². The fraction of sp³-hybridized carbons (Fsp3) is 0.250.